The highest BCUT2D eigenvalue weighted by Crippen LogP contribution is 2.27. The van der Waals surface area contributed by atoms with Crippen LogP contribution >= 0.6 is 0 Å². The highest BCUT2D eigenvalue weighted by atomic mass is 16.5. The molecule has 0 spiro atoms. The Hall–Kier alpha value is -3.13. The number of aldehydes is 1. The predicted octanol–water partition coefficient (Wildman–Crippen LogP) is 3.00. The number of carbonyl (C=O) groups excluding carboxylic acids is 1. The molecule has 5 heteroatoms. The van der Waals surface area contributed by atoms with Crippen molar-refractivity contribution in [1.82, 2.24) is 9.38 Å². The van der Waals surface area contributed by atoms with Gasteiger partial charge in [-0.25, -0.2) is 4.98 Å². The average molecular weight is 291 g/mol. The van der Waals surface area contributed by atoms with Gasteiger partial charge in [0.25, 0.3) is 0 Å². The van der Waals surface area contributed by atoms with Crippen molar-refractivity contribution >= 4 is 11.9 Å². The number of aryl methyl sites for hydroxylation is 1. The Bertz CT molecular complexity index is 902. The summed E-state index contributed by atoms with van der Waals surface area (Å²) in [6.07, 6.45) is 0.772. The summed E-state index contributed by atoms with van der Waals surface area (Å²) in [5.41, 5.74) is 3.73. The van der Waals surface area contributed by atoms with E-state index in [0.717, 1.165) is 17.6 Å². The Balaban J connectivity index is 2.28. The van der Waals surface area contributed by atoms with Gasteiger partial charge in [-0.15, -0.1) is 0 Å². The first-order valence-electron chi connectivity index (χ1n) is 6.71. The van der Waals surface area contributed by atoms with Gasteiger partial charge in [-0.1, -0.05) is 0 Å². The first kappa shape index (κ1) is 13.8. The average Bonchev–Trinajstić information content (AvgIpc) is 2.94. The number of benzene rings is 1. The summed E-state index contributed by atoms with van der Waals surface area (Å²) < 4.78 is 6.85. The van der Waals surface area contributed by atoms with Crippen molar-refractivity contribution in [2.24, 2.45) is 0 Å². The zero-order chi connectivity index (χ0) is 15.7. The van der Waals surface area contributed by atoms with Gasteiger partial charge < -0.3 is 4.74 Å². The number of rotatable bonds is 3. The van der Waals surface area contributed by atoms with Crippen LogP contribution in [0.3, 0.4) is 0 Å². The van der Waals surface area contributed by atoms with Crippen LogP contribution in [0, 0.1) is 18.3 Å². The smallest absolute Gasteiger partial charge is 0.169 e. The number of pyridine rings is 1. The summed E-state index contributed by atoms with van der Waals surface area (Å²) in [6, 6.07) is 12.9. The number of imidazole rings is 1. The maximum Gasteiger partial charge on any atom is 0.169 e. The minimum Gasteiger partial charge on any atom is -0.497 e. The van der Waals surface area contributed by atoms with E-state index in [1.807, 2.05) is 24.3 Å². The number of nitriles is 1. The van der Waals surface area contributed by atoms with Crippen LogP contribution in [0.15, 0.2) is 36.4 Å². The third kappa shape index (κ3) is 2.02. The lowest BCUT2D eigenvalue weighted by atomic mass is 10.1. The molecule has 22 heavy (non-hydrogen) atoms. The van der Waals surface area contributed by atoms with Crippen molar-refractivity contribution in [3.63, 3.8) is 0 Å². The summed E-state index contributed by atoms with van der Waals surface area (Å²) in [4.78, 5) is 16.1. The Kier molecular flexibility index (Phi) is 3.36. The van der Waals surface area contributed by atoms with Gasteiger partial charge in [-0.3, -0.25) is 9.20 Å². The molecular weight excluding hydrogens is 278 g/mol. The maximum atomic E-state index is 11.6. The van der Waals surface area contributed by atoms with Gasteiger partial charge in [0.15, 0.2) is 6.29 Å². The molecule has 0 radical (unpaired) electrons. The van der Waals surface area contributed by atoms with E-state index in [4.69, 9.17) is 10.00 Å². The van der Waals surface area contributed by atoms with Gasteiger partial charge in [-0.2, -0.15) is 5.26 Å². The molecule has 5 nitrogen and oxygen atoms in total. The molecule has 0 aliphatic carbocycles. The number of ether oxygens (including phenoxy) is 1. The van der Waals surface area contributed by atoms with Crippen LogP contribution in [0.2, 0.25) is 0 Å². The Morgan fingerprint density at radius 2 is 1.95 bits per heavy atom. The van der Waals surface area contributed by atoms with Crippen LogP contribution < -0.4 is 4.74 Å². The predicted molar refractivity (Wildman–Crippen MR) is 82.0 cm³/mol. The molecule has 0 amide bonds. The van der Waals surface area contributed by atoms with E-state index in [9.17, 15) is 4.79 Å². The summed E-state index contributed by atoms with van der Waals surface area (Å²) in [6.45, 7) is 1.80. The van der Waals surface area contributed by atoms with Crippen molar-refractivity contribution < 1.29 is 9.53 Å². The highest BCUT2D eigenvalue weighted by Gasteiger charge is 2.16. The van der Waals surface area contributed by atoms with Crippen molar-refractivity contribution in [3.05, 3.63) is 53.3 Å². The Labute approximate surface area is 127 Å². The number of aromatic nitrogens is 2. The fourth-order valence-corrected chi connectivity index (χ4v) is 2.50. The lowest BCUT2D eigenvalue weighted by molar-refractivity contribution is 0.111. The number of carbonyl (C=O) groups is 1. The third-order valence-corrected chi connectivity index (χ3v) is 3.66. The van der Waals surface area contributed by atoms with E-state index in [1.165, 1.54) is 0 Å². The van der Waals surface area contributed by atoms with Gasteiger partial charge in [0.1, 0.15) is 28.9 Å². The molecule has 0 saturated heterocycles. The van der Waals surface area contributed by atoms with Crippen molar-refractivity contribution in [2.75, 3.05) is 7.11 Å². The standard InChI is InChI=1S/C17H13N3O2/c1-11-13(9-18)5-8-16-19-17(15(10-21)20(11)16)12-3-6-14(22-2)7-4-12/h3-8,10H,1-2H3. The minimum atomic E-state index is 0.440. The molecule has 0 fully saturated rings. The second-order valence-corrected chi connectivity index (χ2v) is 4.83. The zero-order valence-corrected chi connectivity index (χ0v) is 12.2. The van der Waals surface area contributed by atoms with E-state index in [2.05, 4.69) is 11.1 Å². The summed E-state index contributed by atoms with van der Waals surface area (Å²) >= 11 is 0. The Morgan fingerprint density at radius 3 is 2.55 bits per heavy atom. The van der Waals surface area contributed by atoms with E-state index in [0.29, 0.717) is 28.3 Å². The van der Waals surface area contributed by atoms with Crippen molar-refractivity contribution in [1.29, 1.82) is 5.26 Å². The monoisotopic (exact) mass is 291 g/mol. The molecule has 0 atom stereocenters. The number of hydrogen-bond donors (Lipinski definition) is 0. The Morgan fingerprint density at radius 1 is 1.23 bits per heavy atom. The van der Waals surface area contributed by atoms with E-state index in [-0.39, 0.29) is 0 Å². The molecule has 0 N–H and O–H groups in total. The fraction of sp³-hybridized carbons (Fsp3) is 0.118. The third-order valence-electron chi connectivity index (χ3n) is 3.66. The molecule has 0 saturated carbocycles. The van der Waals surface area contributed by atoms with E-state index in [1.54, 1.807) is 30.6 Å². The van der Waals surface area contributed by atoms with Gasteiger partial charge in [0, 0.05) is 11.3 Å². The zero-order valence-electron chi connectivity index (χ0n) is 12.2. The van der Waals surface area contributed by atoms with E-state index < -0.39 is 0 Å². The van der Waals surface area contributed by atoms with Gasteiger partial charge in [0.05, 0.1) is 12.7 Å². The van der Waals surface area contributed by atoms with Crippen LogP contribution in [-0.2, 0) is 0 Å². The molecular formula is C17H13N3O2. The molecule has 0 aliphatic heterocycles. The molecule has 0 aliphatic rings. The molecule has 0 unspecified atom stereocenters. The number of nitrogens with zero attached hydrogens (tertiary/aromatic N) is 3. The number of methoxy groups -OCH3 is 1. The second-order valence-electron chi connectivity index (χ2n) is 4.83. The molecule has 2 heterocycles. The van der Waals surface area contributed by atoms with Crippen LogP contribution in [0.25, 0.3) is 16.9 Å². The number of hydrogen-bond acceptors (Lipinski definition) is 4. The topological polar surface area (TPSA) is 67.4 Å². The fourth-order valence-electron chi connectivity index (χ4n) is 2.50. The first-order chi connectivity index (χ1) is 10.7. The SMILES string of the molecule is COc1ccc(-c2nc3ccc(C#N)c(C)n3c2C=O)cc1. The molecule has 3 aromatic rings. The van der Waals surface area contributed by atoms with Crippen molar-refractivity contribution in [2.45, 2.75) is 6.92 Å². The van der Waals surface area contributed by atoms with Gasteiger partial charge in [-0.05, 0) is 43.3 Å². The maximum absolute atomic E-state index is 11.6. The summed E-state index contributed by atoms with van der Waals surface area (Å²) in [5, 5.41) is 9.14. The van der Waals surface area contributed by atoms with Crippen LogP contribution in [0.4, 0.5) is 0 Å². The summed E-state index contributed by atoms with van der Waals surface area (Å²) in [5.74, 6) is 0.739. The van der Waals surface area contributed by atoms with E-state index >= 15 is 0 Å². The quantitative estimate of drug-likeness (QED) is 0.696. The molecule has 108 valence electrons. The largest absolute Gasteiger partial charge is 0.497 e. The normalized spacial score (nSPS) is 10.4. The van der Waals surface area contributed by atoms with Gasteiger partial charge in [0.2, 0.25) is 0 Å². The molecule has 2 aromatic heterocycles. The minimum absolute atomic E-state index is 0.440. The molecule has 0 bridgehead atoms. The number of fused-ring (bicyclic) bond motifs is 1. The summed E-state index contributed by atoms with van der Waals surface area (Å²) in [7, 11) is 1.60. The first-order valence-corrected chi connectivity index (χ1v) is 6.71. The lowest BCUT2D eigenvalue weighted by Gasteiger charge is -2.04. The molecule has 3 rings (SSSR count). The molecule has 1 aromatic carbocycles. The van der Waals surface area contributed by atoms with Gasteiger partial charge >= 0.3 is 0 Å². The van der Waals surface area contributed by atoms with Crippen molar-refractivity contribution in [3.8, 4) is 23.1 Å². The second kappa shape index (κ2) is 5.34. The van der Waals surface area contributed by atoms with Crippen LogP contribution in [-0.4, -0.2) is 22.8 Å². The van der Waals surface area contributed by atoms with Crippen LogP contribution in [0.5, 0.6) is 5.75 Å². The highest BCUT2D eigenvalue weighted by molar-refractivity contribution is 5.86. The lowest BCUT2D eigenvalue weighted by Crippen LogP contribution is -1.99. The van der Waals surface area contributed by atoms with Crippen LogP contribution in [0.1, 0.15) is 21.7 Å².